The van der Waals surface area contributed by atoms with E-state index in [0.29, 0.717) is 31.1 Å². The lowest BCUT2D eigenvalue weighted by Gasteiger charge is -2.26. The van der Waals surface area contributed by atoms with Crippen molar-refractivity contribution in [1.82, 2.24) is 9.91 Å². The number of hydrazone groups is 1. The average molecular weight is 446 g/mol. The summed E-state index contributed by atoms with van der Waals surface area (Å²) in [4.78, 5) is 27.7. The maximum Gasteiger partial charge on any atom is 0.262 e. The molecule has 1 atom stereocenters. The van der Waals surface area contributed by atoms with E-state index >= 15 is 0 Å². The van der Waals surface area contributed by atoms with Crippen molar-refractivity contribution < 1.29 is 23.8 Å². The second-order valence-corrected chi connectivity index (χ2v) is 7.98. The molecule has 1 aliphatic heterocycles. The molecule has 9 heteroatoms. The van der Waals surface area contributed by atoms with Crippen LogP contribution in [0.4, 0.5) is 0 Å². The van der Waals surface area contributed by atoms with Crippen LogP contribution < -0.4 is 9.47 Å². The Morgan fingerprint density at radius 3 is 2.58 bits per heavy atom. The molecule has 0 N–H and O–H groups in total. The van der Waals surface area contributed by atoms with Gasteiger partial charge in [0, 0.05) is 27.0 Å². The highest BCUT2D eigenvalue weighted by atomic mass is 32.1. The summed E-state index contributed by atoms with van der Waals surface area (Å²) < 4.78 is 15.8. The van der Waals surface area contributed by atoms with Crippen molar-refractivity contribution >= 4 is 28.9 Å². The van der Waals surface area contributed by atoms with Gasteiger partial charge in [0.25, 0.3) is 5.91 Å². The normalized spacial score (nSPS) is 15.5. The van der Waals surface area contributed by atoms with Crippen LogP contribution in [0.2, 0.25) is 0 Å². The van der Waals surface area contributed by atoms with Crippen molar-refractivity contribution in [2.24, 2.45) is 5.10 Å². The number of nitrogens with zero attached hydrogens (tertiary/aromatic N) is 3. The molecule has 166 valence electrons. The van der Waals surface area contributed by atoms with Crippen molar-refractivity contribution in [3.63, 3.8) is 0 Å². The highest BCUT2D eigenvalue weighted by Gasteiger charge is 2.34. The van der Waals surface area contributed by atoms with Crippen LogP contribution in [0.15, 0.2) is 40.8 Å². The van der Waals surface area contributed by atoms with E-state index in [0.717, 1.165) is 16.2 Å². The SMILES string of the molecule is COCCN(CC(=O)N1N=C(c2cccs2)C[C@@H]1c1ccc(OC)c(OC)c1)C(C)=O. The Hall–Kier alpha value is -2.91. The first-order chi connectivity index (χ1) is 15.0. The quantitative estimate of drug-likeness (QED) is 0.593. The van der Waals surface area contributed by atoms with Crippen LogP contribution in [0.1, 0.15) is 29.8 Å². The minimum atomic E-state index is -0.305. The molecule has 2 heterocycles. The van der Waals surface area contributed by atoms with E-state index in [1.807, 2.05) is 35.7 Å². The zero-order valence-electron chi connectivity index (χ0n) is 18.2. The van der Waals surface area contributed by atoms with Crippen molar-refractivity contribution in [3.05, 3.63) is 46.2 Å². The molecule has 0 spiro atoms. The summed E-state index contributed by atoms with van der Waals surface area (Å²) in [6.45, 7) is 2.08. The predicted molar refractivity (Wildman–Crippen MR) is 119 cm³/mol. The molecule has 1 aromatic carbocycles. The monoisotopic (exact) mass is 445 g/mol. The number of carbonyl (C=O) groups excluding carboxylic acids is 2. The van der Waals surface area contributed by atoms with Crippen LogP contribution >= 0.6 is 11.3 Å². The topological polar surface area (TPSA) is 80.7 Å². The summed E-state index contributed by atoms with van der Waals surface area (Å²) in [7, 11) is 4.72. The number of amides is 2. The molecule has 31 heavy (non-hydrogen) atoms. The van der Waals surface area contributed by atoms with Gasteiger partial charge in [-0.1, -0.05) is 12.1 Å². The lowest BCUT2D eigenvalue weighted by molar-refractivity contribution is -0.141. The minimum Gasteiger partial charge on any atom is -0.493 e. The molecule has 0 unspecified atom stereocenters. The molecule has 2 aromatic rings. The molecular weight excluding hydrogens is 418 g/mol. The first-order valence-corrected chi connectivity index (χ1v) is 10.8. The molecule has 1 aliphatic rings. The molecule has 8 nitrogen and oxygen atoms in total. The summed E-state index contributed by atoms with van der Waals surface area (Å²) in [6, 6.07) is 9.24. The molecule has 1 aromatic heterocycles. The van der Waals surface area contributed by atoms with Gasteiger partial charge < -0.3 is 19.1 Å². The summed E-state index contributed by atoms with van der Waals surface area (Å²) in [6.07, 6.45) is 0.569. The predicted octanol–water partition coefficient (Wildman–Crippen LogP) is 2.94. The van der Waals surface area contributed by atoms with Crippen LogP contribution in [-0.2, 0) is 14.3 Å². The number of hydrogen-bond acceptors (Lipinski definition) is 7. The van der Waals surface area contributed by atoms with Crippen LogP contribution in [0.5, 0.6) is 11.5 Å². The van der Waals surface area contributed by atoms with E-state index in [-0.39, 0.29) is 24.4 Å². The first kappa shape index (κ1) is 22.8. The third-order valence-corrected chi connectivity index (χ3v) is 6.02. The van der Waals surface area contributed by atoms with Gasteiger partial charge in [0.05, 0.1) is 37.5 Å². The number of thiophene rings is 1. The average Bonchev–Trinajstić information content (AvgIpc) is 3.45. The Balaban J connectivity index is 1.90. The molecule has 0 saturated heterocycles. The van der Waals surface area contributed by atoms with Gasteiger partial charge in [-0.05, 0) is 29.1 Å². The van der Waals surface area contributed by atoms with Crippen LogP contribution in [-0.4, -0.2) is 68.5 Å². The number of carbonyl (C=O) groups is 2. The van der Waals surface area contributed by atoms with Crippen LogP contribution in [0, 0.1) is 0 Å². The fraction of sp³-hybridized carbons (Fsp3) is 0.409. The minimum absolute atomic E-state index is 0.0658. The molecule has 2 amide bonds. The Kier molecular flexibility index (Phi) is 7.64. The van der Waals surface area contributed by atoms with Gasteiger partial charge in [-0.3, -0.25) is 9.59 Å². The summed E-state index contributed by atoms with van der Waals surface area (Å²) in [5, 5.41) is 8.12. The molecule has 0 fully saturated rings. The number of hydrogen-bond donors (Lipinski definition) is 0. The molecule has 0 bridgehead atoms. The number of ether oxygens (including phenoxy) is 3. The van der Waals surface area contributed by atoms with Gasteiger partial charge in [-0.15, -0.1) is 11.3 Å². The fourth-order valence-electron chi connectivity index (χ4n) is 3.44. The van der Waals surface area contributed by atoms with E-state index < -0.39 is 0 Å². The van der Waals surface area contributed by atoms with Crippen molar-refractivity contribution in [2.75, 3.05) is 41.0 Å². The van der Waals surface area contributed by atoms with Crippen molar-refractivity contribution in [3.8, 4) is 11.5 Å². The number of benzene rings is 1. The molecular formula is C22H27N3O5S. The van der Waals surface area contributed by atoms with E-state index in [4.69, 9.17) is 14.2 Å². The first-order valence-electron chi connectivity index (χ1n) is 9.88. The van der Waals surface area contributed by atoms with Gasteiger partial charge in [0.1, 0.15) is 6.54 Å². The molecule has 0 saturated carbocycles. The van der Waals surface area contributed by atoms with E-state index in [9.17, 15) is 9.59 Å². The highest BCUT2D eigenvalue weighted by molar-refractivity contribution is 7.12. The second-order valence-electron chi connectivity index (χ2n) is 7.03. The summed E-state index contributed by atoms with van der Waals surface area (Å²) in [5.41, 5.74) is 1.72. The van der Waals surface area contributed by atoms with Gasteiger partial charge in [0.15, 0.2) is 11.5 Å². The Morgan fingerprint density at radius 2 is 1.97 bits per heavy atom. The zero-order valence-corrected chi connectivity index (χ0v) is 19.0. The second kappa shape index (κ2) is 10.4. The highest BCUT2D eigenvalue weighted by Crippen LogP contribution is 2.37. The smallest absolute Gasteiger partial charge is 0.262 e. The fourth-order valence-corrected chi connectivity index (χ4v) is 4.16. The molecule has 3 rings (SSSR count). The van der Waals surface area contributed by atoms with Gasteiger partial charge in [-0.25, -0.2) is 5.01 Å². The van der Waals surface area contributed by atoms with E-state index in [1.165, 1.54) is 16.8 Å². The Bertz CT molecular complexity index is 945. The largest absolute Gasteiger partial charge is 0.493 e. The maximum absolute atomic E-state index is 13.2. The van der Waals surface area contributed by atoms with Crippen molar-refractivity contribution in [1.29, 1.82) is 0 Å². The Labute approximate surface area is 186 Å². The third kappa shape index (κ3) is 5.23. The number of rotatable bonds is 9. The van der Waals surface area contributed by atoms with Crippen molar-refractivity contribution in [2.45, 2.75) is 19.4 Å². The van der Waals surface area contributed by atoms with Crippen LogP contribution in [0.3, 0.4) is 0 Å². The molecule has 0 radical (unpaired) electrons. The van der Waals surface area contributed by atoms with E-state index in [1.54, 1.807) is 32.7 Å². The lowest BCUT2D eigenvalue weighted by Crippen LogP contribution is -2.41. The Morgan fingerprint density at radius 1 is 1.19 bits per heavy atom. The summed E-state index contributed by atoms with van der Waals surface area (Å²) in [5.74, 6) is 0.763. The standard InChI is InChI=1S/C22H27N3O5S/c1-15(26)24(9-10-28-2)14-22(27)25-18(13-17(23-25)21-6-5-11-31-21)16-7-8-19(29-3)20(12-16)30-4/h5-8,11-12,18H,9-10,13-14H2,1-4H3/t18-/m1/s1. The van der Waals surface area contributed by atoms with E-state index in [2.05, 4.69) is 5.10 Å². The zero-order chi connectivity index (χ0) is 22.4. The number of methoxy groups -OCH3 is 3. The van der Waals surface area contributed by atoms with Gasteiger partial charge >= 0.3 is 0 Å². The maximum atomic E-state index is 13.2. The van der Waals surface area contributed by atoms with Gasteiger partial charge in [0.2, 0.25) is 5.91 Å². The van der Waals surface area contributed by atoms with Crippen LogP contribution in [0.25, 0.3) is 0 Å². The lowest BCUT2D eigenvalue weighted by atomic mass is 10.0. The summed E-state index contributed by atoms with van der Waals surface area (Å²) >= 11 is 1.58. The van der Waals surface area contributed by atoms with Gasteiger partial charge in [-0.2, -0.15) is 5.10 Å². The molecule has 0 aliphatic carbocycles. The third-order valence-electron chi connectivity index (χ3n) is 5.10.